The Kier molecular flexibility index (Phi) is 10.5. The number of phenols is 2. The normalized spacial score (nSPS) is 10.6. The van der Waals surface area contributed by atoms with Gasteiger partial charge in [-0.1, -0.05) is 0 Å². The van der Waals surface area contributed by atoms with E-state index in [-0.39, 0.29) is 64.6 Å². The number of phenolic OH excluding ortho intramolecular Hbond substituents is 2. The van der Waals surface area contributed by atoms with Gasteiger partial charge in [0.15, 0.2) is 0 Å². The van der Waals surface area contributed by atoms with Crippen LogP contribution in [0.1, 0.15) is 0 Å². The fourth-order valence-corrected chi connectivity index (χ4v) is 2.12. The first-order valence-electron chi connectivity index (χ1n) is 3.54. The summed E-state index contributed by atoms with van der Waals surface area (Å²) in [5.74, 6) is -2.24. The Morgan fingerprint density at radius 3 is 1.11 bits per heavy atom. The van der Waals surface area contributed by atoms with Gasteiger partial charge in [0.25, 0.3) is 20.2 Å². The van der Waals surface area contributed by atoms with Gasteiger partial charge in [-0.3, -0.25) is 9.11 Å². The second kappa shape index (κ2) is 8.14. The van der Waals surface area contributed by atoms with Gasteiger partial charge in [0.2, 0.25) is 0 Å². The molecule has 0 amide bonds. The molecule has 19 heavy (non-hydrogen) atoms. The summed E-state index contributed by atoms with van der Waals surface area (Å²) in [6.45, 7) is 0. The van der Waals surface area contributed by atoms with Crippen molar-refractivity contribution in [3.63, 3.8) is 0 Å². The average Bonchev–Trinajstić information content (AvgIpc) is 2.04. The van der Waals surface area contributed by atoms with Crippen LogP contribution in [0.25, 0.3) is 0 Å². The van der Waals surface area contributed by atoms with Gasteiger partial charge in [-0.2, -0.15) is 16.8 Å². The monoisotopic (exact) mass is 336 g/mol. The van der Waals surface area contributed by atoms with E-state index in [9.17, 15) is 16.8 Å². The third-order valence-corrected chi connectivity index (χ3v) is 3.36. The zero-order chi connectivity index (χ0) is 12.7. The van der Waals surface area contributed by atoms with E-state index in [1.54, 1.807) is 0 Å². The van der Waals surface area contributed by atoms with Crippen molar-refractivity contribution in [1.82, 2.24) is 0 Å². The number of hydrogen-bond acceptors (Lipinski definition) is 6. The molecule has 0 aliphatic heterocycles. The third kappa shape index (κ3) is 6.27. The van der Waals surface area contributed by atoms with Crippen molar-refractivity contribution in [2.75, 3.05) is 0 Å². The Balaban J connectivity index is -0.000000853. The number of benzene rings is 1. The molecule has 9 nitrogen and oxygen atoms in total. The van der Waals surface area contributed by atoms with Gasteiger partial charge in [-0.05, 0) is 0 Å². The number of rotatable bonds is 2. The summed E-state index contributed by atoms with van der Waals surface area (Å²) in [6.07, 6.45) is 0. The van der Waals surface area contributed by atoms with Gasteiger partial charge in [-0.15, -0.1) is 0 Å². The van der Waals surface area contributed by atoms with E-state index >= 15 is 0 Å². The summed E-state index contributed by atoms with van der Waals surface area (Å²) in [7, 11) is -9.61. The van der Waals surface area contributed by atoms with Crippen LogP contribution in [-0.4, -0.2) is 101 Å². The van der Waals surface area contributed by atoms with Crippen molar-refractivity contribution >= 4 is 79.4 Å². The van der Waals surface area contributed by atoms with Crippen molar-refractivity contribution in [3.8, 4) is 11.5 Å². The Bertz CT molecular complexity index is 579. The van der Waals surface area contributed by atoms with Gasteiger partial charge in [0.1, 0.15) is 21.3 Å². The molecule has 6 N–H and O–H groups in total. The van der Waals surface area contributed by atoms with Crippen LogP contribution in [0, 0.1) is 0 Å². The van der Waals surface area contributed by atoms with Crippen LogP contribution in [0.5, 0.6) is 11.5 Å². The molecule has 0 aliphatic carbocycles. The summed E-state index contributed by atoms with van der Waals surface area (Å²) in [5.41, 5.74) is 0. The van der Waals surface area contributed by atoms with Gasteiger partial charge >= 0.3 is 59.1 Å². The van der Waals surface area contributed by atoms with Crippen LogP contribution in [0.4, 0.5) is 0 Å². The summed E-state index contributed by atoms with van der Waals surface area (Å²) in [5, 5.41) is 18.2. The molecule has 1 aromatic carbocycles. The molecule has 0 saturated carbocycles. The van der Waals surface area contributed by atoms with E-state index in [4.69, 9.17) is 19.3 Å². The van der Waals surface area contributed by atoms with Gasteiger partial charge < -0.3 is 15.7 Å². The molecule has 0 heterocycles. The molecule has 0 radical (unpaired) electrons. The quantitative estimate of drug-likeness (QED) is 0.259. The van der Waals surface area contributed by atoms with Crippen molar-refractivity contribution in [2.45, 2.75) is 9.79 Å². The van der Waals surface area contributed by atoms with Crippen LogP contribution in [0.2, 0.25) is 0 Å². The molecule has 0 saturated heterocycles. The zero-order valence-corrected chi connectivity index (χ0v) is 9.53. The summed E-state index contributed by atoms with van der Waals surface area (Å²) >= 11 is 0. The molecule has 0 bridgehead atoms. The fraction of sp³-hybridized carbons (Fsp3) is 0. The number of hydrogen-bond donors (Lipinski definition) is 4. The van der Waals surface area contributed by atoms with Crippen LogP contribution in [0.15, 0.2) is 21.9 Å². The van der Waals surface area contributed by atoms with Crippen LogP contribution >= 0.6 is 0 Å². The molecule has 0 unspecified atom stereocenters. The standard InChI is InChI=1S/C6H6O8S2.2Na.H2O.2H/c7-3-1-5(15(9,10)11)4(8)2-6(3)16(12,13)14;;;;;/h1-2,7-8H,(H,9,10,11)(H,12,13,14);;;1H2;;. The SMILES string of the molecule is O.O=S(=O)(O)c1cc(O)c(S(=O)(=O)O)cc1O.[NaH].[NaH]. The van der Waals surface area contributed by atoms with Crippen molar-refractivity contribution in [2.24, 2.45) is 0 Å². The van der Waals surface area contributed by atoms with E-state index in [0.29, 0.717) is 12.1 Å². The third-order valence-electron chi connectivity index (χ3n) is 1.60. The maximum atomic E-state index is 10.6. The Morgan fingerprint density at radius 2 is 0.947 bits per heavy atom. The molecule has 1 aromatic rings. The number of aromatic hydroxyl groups is 2. The Morgan fingerprint density at radius 1 is 0.737 bits per heavy atom. The molecule has 102 valence electrons. The molecule has 13 heteroatoms. The van der Waals surface area contributed by atoms with E-state index < -0.39 is 41.5 Å². The van der Waals surface area contributed by atoms with Gasteiger partial charge in [-0.25, -0.2) is 0 Å². The van der Waals surface area contributed by atoms with Crippen molar-refractivity contribution in [1.29, 1.82) is 0 Å². The molecule has 0 fully saturated rings. The summed E-state index contributed by atoms with van der Waals surface area (Å²) in [6, 6.07) is 0.599. The first-order chi connectivity index (χ1) is 7.03. The minimum absolute atomic E-state index is 0. The second-order valence-corrected chi connectivity index (χ2v) is 5.52. The predicted octanol–water partition coefficient (Wildman–Crippen LogP) is -2.53. The van der Waals surface area contributed by atoms with Crippen LogP contribution in [-0.2, 0) is 20.2 Å². The van der Waals surface area contributed by atoms with Gasteiger partial charge in [0, 0.05) is 12.1 Å². The molecule has 0 aromatic heterocycles. The Labute approximate surface area is 153 Å². The molecule has 0 aliphatic rings. The van der Waals surface area contributed by atoms with Crippen LogP contribution < -0.4 is 0 Å². The summed E-state index contributed by atoms with van der Waals surface area (Å²) < 4.78 is 59.7. The minimum atomic E-state index is -4.80. The zero-order valence-electron chi connectivity index (χ0n) is 7.89. The van der Waals surface area contributed by atoms with Crippen LogP contribution in [0.3, 0.4) is 0 Å². The first-order valence-corrected chi connectivity index (χ1v) is 6.42. The fourth-order valence-electron chi connectivity index (χ4n) is 0.952. The van der Waals surface area contributed by atoms with Crippen molar-refractivity contribution < 1.29 is 41.6 Å². The average molecular weight is 336 g/mol. The topological polar surface area (TPSA) is 181 Å². The maximum absolute atomic E-state index is 10.6. The van der Waals surface area contributed by atoms with Crippen molar-refractivity contribution in [3.05, 3.63) is 12.1 Å². The Hall–Kier alpha value is 0.600. The molecular weight excluding hydrogens is 326 g/mol. The second-order valence-electron chi connectivity index (χ2n) is 2.74. The van der Waals surface area contributed by atoms with E-state index in [2.05, 4.69) is 0 Å². The van der Waals surface area contributed by atoms with E-state index in [0.717, 1.165) is 0 Å². The van der Waals surface area contributed by atoms with Gasteiger partial charge in [0.05, 0.1) is 0 Å². The predicted molar refractivity (Wildman–Crippen MR) is 67.3 cm³/mol. The molecular formula is C6H10Na2O9S2. The molecule has 0 spiro atoms. The first kappa shape index (κ1) is 24.6. The molecule has 1 rings (SSSR count). The van der Waals surface area contributed by atoms with E-state index in [1.807, 2.05) is 0 Å². The summed E-state index contributed by atoms with van der Waals surface area (Å²) in [4.78, 5) is -2.14. The van der Waals surface area contributed by atoms with E-state index in [1.165, 1.54) is 0 Å². The molecule has 0 atom stereocenters.